The van der Waals surface area contributed by atoms with E-state index in [-0.39, 0.29) is 28.8 Å². The zero-order valence-corrected chi connectivity index (χ0v) is 14.9. The van der Waals surface area contributed by atoms with Gasteiger partial charge in [0.05, 0.1) is 6.10 Å². The highest BCUT2D eigenvalue weighted by atomic mass is 32.1. The lowest BCUT2D eigenvalue weighted by atomic mass is 9.81. The number of carbonyl (C=O) groups excluding carboxylic acids is 1. The van der Waals surface area contributed by atoms with Crippen LogP contribution in [-0.2, 0) is 16.1 Å². The molecule has 1 aromatic rings. The van der Waals surface area contributed by atoms with Gasteiger partial charge in [0.2, 0.25) is 5.91 Å². The Morgan fingerprint density at radius 2 is 2.09 bits per heavy atom. The molecule has 2 rings (SSSR count). The number of hydrogen-bond donors (Lipinski definition) is 1. The molecule has 6 heteroatoms. The first kappa shape index (κ1) is 17.2. The van der Waals surface area contributed by atoms with Gasteiger partial charge in [-0.3, -0.25) is 14.2 Å². The SMILES string of the molecule is Cc1sc(=O)n(CC(=O)NC[C@H]2CCO[C@H]2C(C)(C)C)c1C. The van der Waals surface area contributed by atoms with E-state index in [9.17, 15) is 9.59 Å². The van der Waals surface area contributed by atoms with Gasteiger partial charge in [-0.2, -0.15) is 0 Å². The number of nitrogens with zero attached hydrogens (tertiary/aromatic N) is 1. The molecule has 1 aliphatic rings. The number of nitrogens with one attached hydrogen (secondary N) is 1. The van der Waals surface area contributed by atoms with Gasteiger partial charge in [0.25, 0.3) is 0 Å². The molecule has 1 saturated heterocycles. The lowest BCUT2D eigenvalue weighted by Gasteiger charge is -2.31. The first-order valence-electron chi connectivity index (χ1n) is 7.75. The van der Waals surface area contributed by atoms with Crippen LogP contribution in [0, 0.1) is 25.2 Å². The zero-order valence-electron chi connectivity index (χ0n) is 14.1. The van der Waals surface area contributed by atoms with Crippen molar-refractivity contribution in [1.29, 1.82) is 0 Å². The van der Waals surface area contributed by atoms with Gasteiger partial charge in [-0.05, 0) is 25.7 Å². The Morgan fingerprint density at radius 1 is 1.41 bits per heavy atom. The first-order chi connectivity index (χ1) is 10.2. The number of hydrogen-bond acceptors (Lipinski definition) is 4. The number of carbonyl (C=O) groups is 1. The van der Waals surface area contributed by atoms with Gasteiger partial charge in [0, 0.05) is 29.6 Å². The normalized spacial score (nSPS) is 22.0. The molecular weight excluding hydrogens is 300 g/mol. The highest BCUT2D eigenvalue weighted by Gasteiger charge is 2.37. The van der Waals surface area contributed by atoms with Gasteiger partial charge in [0.15, 0.2) is 0 Å². The summed E-state index contributed by atoms with van der Waals surface area (Å²) in [4.78, 5) is 24.9. The summed E-state index contributed by atoms with van der Waals surface area (Å²) in [6, 6.07) is 0. The van der Waals surface area contributed by atoms with E-state index in [2.05, 4.69) is 26.1 Å². The van der Waals surface area contributed by atoms with Crippen molar-refractivity contribution in [3.8, 4) is 0 Å². The van der Waals surface area contributed by atoms with E-state index in [1.54, 1.807) is 4.57 Å². The molecule has 1 aromatic heterocycles. The summed E-state index contributed by atoms with van der Waals surface area (Å²) in [5, 5.41) is 2.96. The van der Waals surface area contributed by atoms with Crippen molar-refractivity contribution in [3.63, 3.8) is 0 Å². The summed E-state index contributed by atoms with van der Waals surface area (Å²) in [7, 11) is 0. The van der Waals surface area contributed by atoms with E-state index in [1.165, 1.54) is 11.3 Å². The fraction of sp³-hybridized carbons (Fsp3) is 0.750. The topological polar surface area (TPSA) is 60.3 Å². The van der Waals surface area contributed by atoms with Crippen LogP contribution >= 0.6 is 11.3 Å². The number of thiazole rings is 1. The lowest BCUT2D eigenvalue weighted by molar-refractivity contribution is -0.122. The van der Waals surface area contributed by atoms with Crippen molar-refractivity contribution < 1.29 is 9.53 Å². The molecule has 22 heavy (non-hydrogen) atoms. The van der Waals surface area contributed by atoms with Crippen LogP contribution in [0.15, 0.2) is 4.79 Å². The molecule has 0 saturated carbocycles. The van der Waals surface area contributed by atoms with Crippen LogP contribution in [0.25, 0.3) is 0 Å². The molecule has 2 heterocycles. The molecule has 2 atom stereocenters. The van der Waals surface area contributed by atoms with Crippen LogP contribution in [-0.4, -0.2) is 29.7 Å². The average Bonchev–Trinajstić information content (AvgIpc) is 2.97. The highest BCUT2D eigenvalue weighted by molar-refractivity contribution is 7.09. The van der Waals surface area contributed by atoms with Crippen LogP contribution in [0.5, 0.6) is 0 Å². The standard InChI is InChI=1S/C16H26N2O3S/c1-10-11(2)22-15(20)18(10)9-13(19)17-8-12-6-7-21-14(12)16(3,4)5/h12,14H,6-9H2,1-5H3,(H,17,19)/t12-,14-/m1/s1. The zero-order chi connectivity index (χ0) is 16.5. The monoisotopic (exact) mass is 326 g/mol. The van der Waals surface area contributed by atoms with Crippen molar-refractivity contribution in [2.45, 2.75) is 53.7 Å². The van der Waals surface area contributed by atoms with E-state index in [4.69, 9.17) is 4.74 Å². The molecule has 1 amide bonds. The largest absolute Gasteiger partial charge is 0.377 e. The minimum absolute atomic E-state index is 0.0677. The number of amides is 1. The van der Waals surface area contributed by atoms with Gasteiger partial charge in [-0.25, -0.2) is 0 Å². The predicted octanol–water partition coefficient (Wildman–Crippen LogP) is 2.09. The molecule has 1 fully saturated rings. The summed E-state index contributed by atoms with van der Waals surface area (Å²) < 4.78 is 7.36. The number of rotatable bonds is 4. The van der Waals surface area contributed by atoms with Crippen LogP contribution in [0.1, 0.15) is 37.8 Å². The molecule has 0 aromatic carbocycles. The minimum atomic E-state index is -0.109. The second-order valence-electron chi connectivity index (χ2n) is 7.11. The predicted molar refractivity (Wildman–Crippen MR) is 88.4 cm³/mol. The lowest BCUT2D eigenvalue weighted by Crippen LogP contribution is -2.40. The molecule has 124 valence electrons. The van der Waals surface area contributed by atoms with E-state index in [0.29, 0.717) is 12.5 Å². The highest BCUT2D eigenvalue weighted by Crippen LogP contribution is 2.34. The van der Waals surface area contributed by atoms with Crippen molar-refractivity contribution in [2.24, 2.45) is 11.3 Å². The third-order valence-corrected chi connectivity index (χ3v) is 5.30. The molecule has 0 radical (unpaired) electrons. The fourth-order valence-corrected chi connectivity index (χ4v) is 3.85. The Labute approximate surface area is 135 Å². The maximum Gasteiger partial charge on any atom is 0.308 e. The molecule has 0 aliphatic carbocycles. The van der Waals surface area contributed by atoms with Crippen molar-refractivity contribution in [1.82, 2.24) is 9.88 Å². The number of aryl methyl sites for hydroxylation is 1. The summed E-state index contributed by atoms with van der Waals surface area (Å²) in [5.41, 5.74) is 0.950. The average molecular weight is 326 g/mol. The maximum atomic E-state index is 12.1. The van der Waals surface area contributed by atoms with Gasteiger partial charge in [-0.1, -0.05) is 32.1 Å². The fourth-order valence-electron chi connectivity index (χ4n) is 3.01. The molecule has 1 aliphatic heterocycles. The summed E-state index contributed by atoms with van der Waals surface area (Å²) in [5.74, 6) is 0.230. The van der Waals surface area contributed by atoms with Gasteiger partial charge in [0.1, 0.15) is 6.54 Å². The molecular formula is C16H26N2O3S. The van der Waals surface area contributed by atoms with E-state index < -0.39 is 0 Å². The Bertz CT molecular complexity index is 598. The Hall–Kier alpha value is -1.14. The minimum Gasteiger partial charge on any atom is -0.377 e. The molecule has 5 nitrogen and oxygen atoms in total. The molecule has 0 spiro atoms. The van der Waals surface area contributed by atoms with Crippen molar-refractivity contribution in [2.75, 3.05) is 13.2 Å². The second-order valence-corrected chi connectivity index (χ2v) is 8.27. The first-order valence-corrected chi connectivity index (χ1v) is 8.57. The van der Waals surface area contributed by atoms with Crippen LogP contribution < -0.4 is 10.2 Å². The summed E-state index contributed by atoms with van der Waals surface area (Å²) in [6.45, 7) is 11.7. The van der Waals surface area contributed by atoms with E-state index >= 15 is 0 Å². The maximum absolute atomic E-state index is 12.1. The third kappa shape index (κ3) is 3.79. The van der Waals surface area contributed by atoms with Crippen molar-refractivity contribution >= 4 is 17.2 Å². The second kappa shape index (κ2) is 6.54. The smallest absolute Gasteiger partial charge is 0.308 e. The van der Waals surface area contributed by atoms with Gasteiger partial charge in [-0.15, -0.1) is 0 Å². The van der Waals surface area contributed by atoms with Crippen LogP contribution in [0.2, 0.25) is 0 Å². The van der Waals surface area contributed by atoms with Crippen LogP contribution in [0.3, 0.4) is 0 Å². The summed E-state index contributed by atoms with van der Waals surface area (Å²) in [6.07, 6.45) is 1.14. The van der Waals surface area contributed by atoms with Crippen molar-refractivity contribution in [3.05, 3.63) is 20.2 Å². The van der Waals surface area contributed by atoms with Crippen LogP contribution in [0.4, 0.5) is 0 Å². The van der Waals surface area contributed by atoms with E-state index in [1.807, 2.05) is 13.8 Å². The van der Waals surface area contributed by atoms with Gasteiger partial charge < -0.3 is 10.1 Å². The molecule has 1 N–H and O–H groups in total. The van der Waals surface area contributed by atoms with Gasteiger partial charge >= 0.3 is 4.87 Å². The molecule has 0 unspecified atom stereocenters. The summed E-state index contributed by atoms with van der Waals surface area (Å²) >= 11 is 1.19. The third-order valence-electron chi connectivity index (χ3n) is 4.31. The molecule has 0 bridgehead atoms. The number of ether oxygens (including phenoxy) is 1. The van der Waals surface area contributed by atoms with E-state index in [0.717, 1.165) is 23.6 Å². The quantitative estimate of drug-likeness (QED) is 0.922. The Morgan fingerprint density at radius 3 is 2.64 bits per heavy atom. The Balaban J connectivity index is 1.92. The Kier molecular flexibility index (Phi) is 5.12. The number of aromatic nitrogens is 1.